The highest BCUT2D eigenvalue weighted by Gasteiger charge is 2.06. The second-order valence-corrected chi connectivity index (χ2v) is 5.65. The molecular formula is C19H13ClO4. The fraction of sp³-hybridized carbons (Fsp3) is 0.0526. The Labute approximate surface area is 142 Å². The number of esters is 1. The lowest BCUT2D eigenvalue weighted by molar-refractivity contribution is -0.128. The van der Waals surface area contributed by atoms with Gasteiger partial charge in [0, 0.05) is 28.6 Å². The van der Waals surface area contributed by atoms with Gasteiger partial charge in [-0.2, -0.15) is 0 Å². The highest BCUT2D eigenvalue weighted by molar-refractivity contribution is 6.30. The van der Waals surface area contributed by atoms with Crippen molar-refractivity contribution in [3.8, 4) is 5.75 Å². The molecule has 120 valence electrons. The minimum absolute atomic E-state index is 0.307. The van der Waals surface area contributed by atoms with Crippen LogP contribution in [0.3, 0.4) is 0 Å². The Kier molecular flexibility index (Phi) is 4.49. The van der Waals surface area contributed by atoms with Crippen LogP contribution in [0.2, 0.25) is 5.02 Å². The number of hydrogen-bond acceptors (Lipinski definition) is 4. The molecule has 0 saturated carbocycles. The zero-order chi connectivity index (χ0) is 17.1. The zero-order valence-corrected chi connectivity index (χ0v) is 13.5. The van der Waals surface area contributed by atoms with Gasteiger partial charge in [-0.1, -0.05) is 23.7 Å². The van der Waals surface area contributed by atoms with Crippen molar-refractivity contribution in [1.29, 1.82) is 0 Å². The second-order valence-electron chi connectivity index (χ2n) is 5.21. The van der Waals surface area contributed by atoms with Gasteiger partial charge in [0.2, 0.25) is 0 Å². The van der Waals surface area contributed by atoms with E-state index in [1.807, 2.05) is 6.92 Å². The average Bonchev–Trinajstić information content (AvgIpc) is 2.54. The van der Waals surface area contributed by atoms with Crippen LogP contribution in [0.4, 0.5) is 0 Å². The monoisotopic (exact) mass is 340 g/mol. The van der Waals surface area contributed by atoms with E-state index in [0.29, 0.717) is 16.4 Å². The number of carbonyl (C=O) groups is 1. The number of aryl methyl sites for hydroxylation is 1. The molecule has 0 atom stereocenters. The number of carbonyl (C=O) groups excluding carboxylic acids is 1. The first-order chi connectivity index (χ1) is 11.5. The molecule has 1 heterocycles. The summed E-state index contributed by atoms with van der Waals surface area (Å²) in [6, 6.07) is 13.4. The molecule has 0 N–H and O–H groups in total. The van der Waals surface area contributed by atoms with Crippen molar-refractivity contribution in [1.82, 2.24) is 0 Å². The predicted molar refractivity (Wildman–Crippen MR) is 93.3 cm³/mol. The highest BCUT2D eigenvalue weighted by Crippen LogP contribution is 2.22. The van der Waals surface area contributed by atoms with Crippen molar-refractivity contribution in [3.63, 3.8) is 0 Å². The number of fused-ring (bicyclic) bond motifs is 1. The van der Waals surface area contributed by atoms with Crippen molar-refractivity contribution >= 4 is 34.6 Å². The molecule has 24 heavy (non-hydrogen) atoms. The van der Waals surface area contributed by atoms with Crippen molar-refractivity contribution in [2.75, 3.05) is 0 Å². The lowest BCUT2D eigenvalue weighted by atomic mass is 10.1. The maximum Gasteiger partial charge on any atom is 0.336 e. The molecule has 0 bridgehead atoms. The summed E-state index contributed by atoms with van der Waals surface area (Å²) >= 11 is 5.80. The quantitative estimate of drug-likeness (QED) is 0.307. The van der Waals surface area contributed by atoms with Gasteiger partial charge in [0.25, 0.3) is 0 Å². The van der Waals surface area contributed by atoms with E-state index in [1.165, 1.54) is 18.2 Å². The lowest BCUT2D eigenvalue weighted by Crippen LogP contribution is -2.04. The van der Waals surface area contributed by atoms with E-state index in [9.17, 15) is 9.59 Å². The smallest absolute Gasteiger partial charge is 0.336 e. The molecular weight excluding hydrogens is 328 g/mol. The molecule has 0 spiro atoms. The third kappa shape index (κ3) is 3.73. The van der Waals surface area contributed by atoms with Crippen LogP contribution in [0.5, 0.6) is 5.75 Å². The molecule has 0 aliphatic rings. The average molecular weight is 341 g/mol. The van der Waals surface area contributed by atoms with E-state index in [1.54, 1.807) is 42.5 Å². The molecule has 0 radical (unpaired) electrons. The number of benzene rings is 2. The Bertz CT molecular complexity index is 984. The third-order valence-corrected chi connectivity index (χ3v) is 3.68. The third-order valence-electron chi connectivity index (χ3n) is 3.42. The Hall–Kier alpha value is -2.85. The van der Waals surface area contributed by atoms with Crippen molar-refractivity contribution in [2.24, 2.45) is 0 Å². The van der Waals surface area contributed by atoms with E-state index < -0.39 is 11.6 Å². The van der Waals surface area contributed by atoms with Gasteiger partial charge in [0.1, 0.15) is 11.3 Å². The SMILES string of the molecule is Cc1cc(=O)oc2cc(OC(=O)C=Cc3ccc(Cl)cc3)ccc12. The Morgan fingerprint density at radius 3 is 2.62 bits per heavy atom. The van der Waals surface area contributed by atoms with Gasteiger partial charge in [0.05, 0.1) is 0 Å². The Balaban J connectivity index is 1.77. The Morgan fingerprint density at radius 1 is 1.12 bits per heavy atom. The van der Waals surface area contributed by atoms with Crippen LogP contribution in [0.15, 0.2) is 63.8 Å². The first kappa shape index (κ1) is 16.0. The summed E-state index contributed by atoms with van der Waals surface area (Å²) in [5, 5.41) is 1.42. The number of hydrogen-bond donors (Lipinski definition) is 0. The van der Waals surface area contributed by atoms with Gasteiger partial charge in [-0.15, -0.1) is 0 Å². The van der Waals surface area contributed by atoms with Gasteiger partial charge in [-0.05, 0) is 48.4 Å². The molecule has 0 amide bonds. The molecule has 0 fully saturated rings. The number of rotatable bonds is 3. The van der Waals surface area contributed by atoms with E-state index in [4.69, 9.17) is 20.8 Å². The molecule has 0 aliphatic heterocycles. The summed E-state index contributed by atoms with van der Waals surface area (Å²) in [7, 11) is 0. The van der Waals surface area contributed by atoms with Crippen LogP contribution >= 0.6 is 11.6 Å². The van der Waals surface area contributed by atoms with Crippen molar-refractivity contribution in [3.05, 3.63) is 81.2 Å². The molecule has 5 heteroatoms. The standard InChI is InChI=1S/C19H13ClO4/c1-12-10-19(22)24-17-11-15(7-8-16(12)17)23-18(21)9-4-13-2-5-14(20)6-3-13/h2-11H,1H3. The summed E-state index contributed by atoms with van der Waals surface area (Å²) in [4.78, 5) is 23.3. The van der Waals surface area contributed by atoms with Gasteiger partial charge < -0.3 is 9.15 Å². The minimum atomic E-state index is -0.528. The van der Waals surface area contributed by atoms with Crippen LogP contribution < -0.4 is 10.4 Å². The number of halogens is 1. The summed E-state index contributed by atoms with van der Waals surface area (Å²) in [5.74, 6) is -0.221. The Morgan fingerprint density at radius 2 is 1.88 bits per heavy atom. The van der Waals surface area contributed by atoms with E-state index >= 15 is 0 Å². The van der Waals surface area contributed by atoms with E-state index in [-0.39, 0.29) is 0 Å². The topological polar surface area (TPSA) is 56.5 Å². The van der Waals surface area contributed by atoms with Crippen LogP contribution in [0, 0.1) is 6.92 Å². The first-order valence-corrected chi connectivity index (χ1v) is 7.59. The van der Waals surface area contributed by atoms with Crippen LogP contribution in [-0.2, 0) is 4.79 Å². The normalized spacial score (nSPS) is 11.1. The minimum Gasteiger partial charge on any atom is -0.423 e. The van der Waals surface area contributed by atoms with Gasteiger partial charge in [-0.25, -0.2) is 9.59 Å². The molecule has 3 rings (SSSR count). The maximum absolute atomic E-state index is 11.9. The fourth-order valence-corrected chi connectivity index (χ4v) is 2.38. The summed E-state index contributed by atoms with van der Waals surface area (Å²) in [5.41, 5.74) is 1.58. The van der Waals surface area contributed by atoms with Gasteiger partial charge in [0.15, 0.2) is 0 Å². The van der Waals surface area contributed by atoms with Crippen LogP contribution in [0.1, 0.15) is 11.1 Å². The molecule has 2 aromatic carbocycles. The molecule has 4 nitrogen and oxygen atoms in total. The zero-order valence-electron chi connectivity index (χ0n) is 12.8. The molecule has 0 aliphatic carbocycles. The maximum atomic E-state index is 11.9. The lowest BCUT2D eigenvalue weighted by Gasteiger charge is -2.04. The van der Waals surface area contributed by atoms with E-state index in [0.717, 1.165) is 16.5 Å². The first-order valence-electron chi connectivity index (χ1n) is 7.21. The van der Waals surface area contributed by atoms with Crippen molar-refractivity contribution in [2.45, 2.75) is 6.92 Å². The summed E-state index contributed by atoms with van der Waals surface area (Å²) in [6.45, 7) is 1.82. The predicted octanol–water partition coefficient (Wildman–Crippen LogP) is 4.37. The second kappa shape index (κ2) is 6.72. The van der Waals surface area contributed by atoms with Gasteiger partial charge >= 0.3 is 11.6 Å². The van der Waals surface area contributed by atoms with E-state index in [2.05, 4.69) is 0 Å². The van der Waals surface area contributed by atoms with Gasteiger partial charge in [-0.3, -0.25) is 0 Å². The van der Waals surface area contributed by atoms with Crippen molar-refractivity contribution < 1.29 is 13.9 Å². The fourth-order valence-electron chi connectivity index (χ4n) is 2.26. The summed E-state index contributed by atoms with van der Waals surface area (Å²) in [6.07, 6.45) is 2.95. The molecule has 3 aromatic rings. The molecule has 0 unspecified atom stereocenters. The molecule has 1 aromatic heterocycles. The molecule has 0 saturated heterocycles. The highest BCUT2D eigenvalue weighted by atomic mass is 35.5. The van der Waals surface area contributed by atoms with Crippen LogP contribution in [0.25, 0.3) is 17.0 Å². The number of ether oxygens (including phenoxy) is 1. The largest absolute Gasteiger partial charge is 0.423 e. The summed E-state index contributed by atoms with van der Waals surface area (Å²) < 4.78 is 10.4. The van der Waals surface area contributed by atoms with Crippen LogP contribution in [-0.4, -0.2) is 5.97 Å².